The lowest BCUT2D eigenvalue weighted by Crippen LogP contribution is -2.62. The zero-order valence-electron chi connectivity index (χ0n) is 46.5. The standard InChI is InChI=1S/C47H53F7N8O6.C8H13F3N2O3/c1-46(2,47(52,53)54)41(60-45(66)67-3)42(64)59-37(38(63)24-56-23-34-35(48)18-30(19-36(34)49)31(20-55)22-58-44(50)51)17-28-9-6-27(7-10-28)8-11-29-12-15-40(57-21-29)61-25-32-13-14-33(26-61)62(32)43(65)39-5-4-16-68-39;1-7(2,8(9,10)11)4(5(12)14)13-6(15)16-3/h6-7,9-10,12,15,18-22,32-33,37-39,41,44,56,63H,4-5,13-14,16-17,23-26,55H2,1-3H3,(H,59,64)(H,60,66);4H,1-3H3,(H2,12,14)(H,13,15)/t32?,33?,37-,38-,39-,41+;4-/m01/s1. The van der Waals surface area contributed by atoms with Gasteiger partial charge >= 0.3 is 31.1 Å². The largest absolute Gasteiger partial charge is 0.453 e. The number of hydrogen-bond donors (Lipinski definition) is 7. The Kier molecular flexibility index (Phi) is 22.9. The molecule has 1 aromatic heterocycles. The number of aromatic nitrogens is 1. The van der Waals surface area contributed by atoms with Gasteiger partial charge in [0.15, 0.2) is 0 Å². The molecule has 2 bridgehead atoms. The number of allylic oxidation sites excluding steroid dienone is 1. The molecule has 9 N–H and O–H groups in total. The molecule has 7 atom stereocenters. The molecule has 3 saturated heterocycles. The summed E-state index contributed by atoms with van der Waals surface area (Å²) >= 11 is 0. The molecule has 3 fully saturated rings. The number of pyridine rings is 1. The molecular weight excluding hydrogens is 1130 g/mol. The number of nitrogens with one attached hydrogen (secondary N) is 4. The van der Waals surface area contributed by atoms with Gasteiger partial charge < -0.3 is 61.9 Å². The number of benzene rings is 2. The van der Waals surface area contributed by atoms with E-state index in [1.54, 1.807) is 35.8 Å². The highest BCUT2D eigenvalue weighted by atomic mass is 19.4. The molecule has 3 aliphatic heterocycles. The Hall–Kier alpha value is -7.71. The Morgan fingerprint density at radius 1 is 0.833 bits per heavy atom. The first-order valence-corrected chi connectivity index (χ1v) is 26.1. The fourth-order valence-electron chi connectivity index (χ4n) is 9.35. The minimum atomic E-state index is -5.00. The number of nitrogens with zero attached hydrogens (tertiary/aromatic N) is 4. The number of carbonyl (C=O) groups is 5. The number of fused-ring (bicyclic) bond motifs is 2. The average Bonchev–Trinajstić information content (AvgIpc) is 2.69. The van der Waals surface area contributed by atoms with E-state index >= 15 is 8.78 Å². The number of piperazine rings is 1. The van der Waals surface area contributed by atoms with Crippen molar-refractivity contribution >= 4 is 47.5 Å². The van der Waals surface area contributed by atoms with Crippen LogP contribution in [0.5, 0.6) is 0 Å². The highest BCUT2D eigenvalue weighted by Gasteiger charge is 2.57. The normalized spacial score (nSPS) is 18.8. The third-order valence-electron chi connectivity index (χ3n) is 14.5. The lowest BCUT2D eigenvalue weighted by molar-refractivity contribution is -0.220. The van der Waals surface area contributed by atoms with Crippen LogP contribution in [-0.2, 0) is 41.6 Å². The molecular formula is C55H66F10N10O9. The molecule has 29 heteroatoms. The molecule has 0 radical (unpaired) electrons. The Morgan fingerprint density at radius 2 is 1.38 bits per heavy atom. The number of alkyl halides is 8. The molecule has 2 unspecified atom stereocenters. The number of methoxy groups -OCH3 is 2. The van der Waals surface area contributed by atoms with Crippen molar-refractivity contribution < 1.29 is 87.2 Å². The number of aliphatic hydroxyl groups is 1. The summed E-state index contributed by atoms with van der Waals surface area (Å²) in [5.74, 6) is 2.20. The molecule has 6 rings (SSSR count). The highest BCUT2D eigenvalue weighted by molar-refractivity contribution is 6.09. The number of aliphatic hydroxyl groups excluding tert-OH is 1. The Balaban J connectivity index is 0.000000702. The van der Waals surface area contributed by atoms with E-state index in [2.05, 4.69) is 46.8 Å². The molecule has 19 nitrogen and oxygen atoms in total. The number of ether oxygens (including phenoxy) is 3. The van der Waals surface area contributed by atoms with E-state index in [0.717, 1.165) is 77.9 Å². The number of nitrogens with two attached hydrogens (primary N) is 2. The maximum absolute atomic E-state index is 15.1. The minimum Gasteiger partial charge on any atom is -0.453 e. The van der Waals surface area contributed by atoms with Gasteiger partial charge in [-0.15, -0.1) is 0 Å². The van der Waals surface area contributed by atoms with E-state index < -0.39 is 108 Å². The second-order valence-corrected chi connectivity index (χ2v) is 21.0. The van der Waals surface area contributed by atoms with Crippen molar-refractivity contribution in [2.24, 2.45) is 27.3 Å². The van der Waals surface area contributed by atoms with Crippen molar-refractivity contribution in [1.82, 2.24) is 31.2 Å². The first kappa shape index (κ1) is 67.1. The van der Waals surface area contributed by atoms with Crippen LogP contribution in [0.1, 0.15) is 81.2 Å². The number of halogens is 10. The second kappa shape index (κ2) is 28.7. The number of alkyl carbamates (subject to hydrolysis) is 2. The molecule has 5 amide bonds. The van der Waals surface area contributed by atoms with E-state index in [9.17, 15) is 64.2 Å². The van der Waals surface area contributed by atoms with Crippen LogP contribution in [0.2, 0.25) is 0 Å². The van der Waals surface area contributed by atoms with Crippen LogP contribution in [0.15, 0.2) is 65.9 Å². The zero-order valence-corrected chi connectivity index (χ0v) is 46.5. The van der Waals surface area contributed by atoms with Gasteiger partial charge in [-0.1, -0.05) is 24.0 Å². The van der Waals surface area contributed by atoms with E-state index in [-0.39, 0.29) is 41.7 Å². The molecule has 0 spiro atoms. The fraction of sp³-hybridized carbons (Fsp3) is 0.509. The van der Waals surface area contributed by atoms with Crippen LogP contribution in [-0.4, -0.2) is 153 Å². The van der Waals surface area contributed by atoms with Crippen molar-refractivity contribution in [1.29, 1.82) is 0 Å². The van der Waals surface area contributed by atoms with E-state index in [1.807, 2.05) is 22.3 Å². The van der Waals surface area contributed by atoms with Crippen molar-refractivity contribution in [2.45, 2.75) is 128 Å². The number of carbonyl (C=O) groups excluding carboxylic acids is 5. The number of amides is 5. The summed E-state index contributed by atoms with van der Waals surface area (Å²) in [6.45, 7) is 0.820. The first-order valence-electron chi connectivity index (χ1n) is 26.1. The molecule has 3 aromatic rings. The van der Waals surface area contributed by atoms with Crippen molar-refractivity contribution in [2.75, 3.05) is 45.4 Å². The summed E-state index contributed by atoms with van der Waals surface area (Å²) in [5.41, 5.74) is 5.76. The third-order valence-corrected chi connectivity index (χ3v) is 14.5. The first-order chi connectivity index (χ1) is 39.3. The van der Waals surface area contributed by atoms with E-state index in [1.165, 1.54) is 0 Å². The van der Waals surface area contributed by atoms with Gasteiger partial charge in [0.25, 0.3) is 5.91 Å². The van der Waals surface area contributed by atoms with Crippen LogP contribution < -0.4 is 37.6 Å². The van der Waals surface area contributed by atoms with Gasteiger partial charge in [-0.25, -0.2) is 28.3 Å². The Bertz CT molecular complexity index is 2870. The third kappa shape index (κ3) is 17.2. The van der Waals surface area contributed by atoms with Crippen molar-refractivity contribution in [3.05, 3.63) is 100 Å². The monoisotopic (exact) mass is 1200 g/mol. The number of primary amides is 1. The SMILES string of the molecule is COC(=O)N[C@H](C(=O)N[C@@H](Cc1ccc(C#Cc2ccc(N3CC4CCC(C3)N4C(=O)[C@@H]3CCCO3)nc2)cc1)[C@@H](O)CNCc1c(F)cc(C(C=NC(F)F)=CN)cc1F)C(C)(C)C(F)(F)F.COC(=O)N[C@H](C(N)=O)C(C)(C)C(F)(F)F. The van der Waals surface area contributed by atoms with Crippen LogP contribution in [0, 0.1) is 34.3 Å². The van der Waals surface area contributed by atoms with Gasteiger partial charge in [-0.3, -0.25) is 14.4 Å². The second-order valence-electron chi connectivity index (χ2n) is 21.0. The van der Waals surface area contributed by atoms with Crippen LogP contribution >= 0.6 is 0 Å². The topological polar surface area (TPSA) is 265 Å². The lowest BCUT2D eigenvalue weighted by atomic mass is 9.82. The summed E-state index contributed by atoms with van der Waals surface area (Å²) in [6.07, 6.45) is -7.61. The number of rotatable bonds is 19. The van der Waals surface area contributed by atoms with Crippen molar-refractivity contribution in [3.63, 3.8) is 0 Å². The summed E-state index contributed by atoms with van der Waals surface area (Å²) in [6, 6.07) is 6.75. The smallest absolute Gasteiger partial charge is 0.407 e. The van der Waals surface area contributed by atoms with Crippen LogP contribution in [0.3, 0.4) is 0 Å². The summed E-state index contributed by atoms with van der Waals surface area (Å²) in [4.78, 5) is 72.4. The molecule has 3 aliphatic rings. The zero-order chi connectivity index (χ0) is 62.5. The molecule has 2 aromatic carbocycles. The van der Waals surface area contributed by atoms with Gasteiger partial charge in [-0.05, 0) is 107 Å². The van der Waals surface area contributed by atoms with Gasteiger partial charge in [0, 0.05) is 85.7 Å². The predicted molar refractivity (Wildman–Crippen MR) is 285 cm³/mol. The molecule has 460 valence electrons. The van der Waals surface area contributed by atoms with Gasteiger partial charge in [0.1, 0.15) is 35.6 Å². The maximum Gasteiger partial charge on any atom is 0.407 e. The lowest BCUT2D eigenvalue weighted by Gasteiger charge is -2.42. The number of aliphatic imine (C=N–C) groups is 1. The van der Waals surface area contributed by atoms with Crippen LogP contribution in [0.25, 0.3) is 5.57 Å². The maximum atomic E-state index is 15.1. The molecule has 4 heterocycles. The molecule has 0 saturated carbocycles. The Labute approximate surface area is 477 Å². The predicted octanol–water partition coefficient (Wildman–Crippen LogP) is 5.99. The molecule has 0 aliphatic carbocycles. The summed E-state index contributed by atoms with van der Waals surface area (Å²) < 4.78 is 150. The summed E-state index contributed by atoms with van der Waals surface area (Å²) in [7, 11) is 1.87. The summed E-state index contributed by atoms with van der Waals surface area (Å²) in [5, 5.41) is 20.2. The number of hydrogen-bond acceptors (Lipinski definition) is 14. The Morgan fingerprint density at radius 3 is 1.87 bits per heavy atom. The van der Waals surface area contributed by atoms with Gasteiger partial charge in [0.05, 0.1) is 37.2 Å². The molecule has 84 heavy (non-hydrogen) atoms. The average molecular weight is 1200 g/mol. The van der Waals surface area contributed by atoms with Crippen molar-refractivity contribution in [3.8, 4) is 11.8 Å². The van der Waals surface area contributed by atoms with Crippen LogP contribution in [0.4, 0.5) is 59.3 Å². The number of anilines is 1. The van der Waals surface area contributed by atoms with E-state index in [4.69, 9.17) is 16.2 Å². The highest BCUT2D eigenvalue weighted by Crippen LogP contribution is 2.42. The van der Waals surface area contributed by atoms with Gasteiger partial charge in [-0.2, -0.15) is 35.1 Å². The quantitative estimate of drug-likeness (QED) is 0.0315. The minimum absolute atomic E-state index is 0.0850. The van der Waals surface area contributed by atoms with Gasteiger partial charge in [0.2, 0.25) is 11.8 Å². The van der Waals surface area contributed by atoms with E-state index in [0.29, 0.717) is 56.4 Å². The fourth-order valence-corrected chi connectivity index (χ4v) is 9.35.